The van der Waals surface area contributed by atoms with E-state index >= 15 is 0 Å². The highest BCUT2D eigenvalue weighted by atomic mass is 35.5. The SMILES string of the molecule is CCCC(CC)CCC.Cl.N. The third-order valence-corrected chi connectivity index (χ3v) is 1.97. The minimum Gasteiger partial charge on any atom is -0.344 e. The van der Waals surface area contributed by atoms with Gasteiger partial charge in [-0.05, 0) is 5.92 Å². The van der Waals surface area contributed by atoms with Crippen LogP contribution in [0.15, 0.2) is 0 Å². The maximum absolute atomic E-state index is 2.30. The van der Waals surface area contributed by atoms with Crippen LogP contribution in [0.2, 0.25) is 0 Å². The van der Waals surface area contributed by atoms with Gasteiger partial charge < -0.3 is 6.15 Å². The second kappa shape index (κ2) is 12.9. The van der Waals surface area contributed by atoms with E-state index in [1.807, 2.05) is 0 Å². The largest absolute Gasteiger partial charge is 0.344 e. The van der Waals surface area contributed by atoms with Gasteiger partial charge in [0.25, 0.3) is 0 Å². The summed E-state index contributed by atoms with van der Waals surface area (Å²) in [5, 5.41) is 0. The molecule has 0 saturated heterocycles. The van der Waals surface area contributed by atoms with Crippen LogP contribution in [0.5, 0.6) is 0 Å². The summed E-state index contributed by atoms with van der Waals surface area (Å²) in [5.41, 5.74) is 0. The summed E-state index contributed by atoms with van der Waals surface area (Å²) in [6, 6.07) is 0. The molecule has 3 N–H and O–H groups in total. The lowest BCUT2D eigenvalue weighted by Gasteiger charge is -2.10. The normalized spacial score (nSPS) is 8.73. The third-order valence-electron chi connectivity index (χ3n) is 1.97. The van der Waals surface area contributed by atoms with Crippen molar-refractivity contribution in [3.8, 4) is 0 Å². The predicted molar refractivity (Wildman–Crippen MR) is 55.9 cm³/mol. The zero-order valence-electron chi connectivity index (χ0n) is 8.23. The predicted octanol–water partition coefficient (Wildman–Crippen LogP) is 4.20. The van der Waals surface area contributed by atoms with Crippen LogP contribution in [0.4, 0.5) is 0 Å². The summed E-state index contributed by atoms with van der Waals surface area (Å²) in [7, 11) is 0. The van der Waals surface area contributed by atoms with Crippen molar-refractivity contribution in [1.29, 1.82) is 0 Å². The number of rotatable bonds is 5. The van der Waals surface area contributed by atoms with Crippen molar-refractivity contribution < 1.29 is 0 Å². The molecule has 0 bridgehead atoms. The van der Waals surface area contributed by atoms with E-state index in [-0.39, 0.29) is 18.6 Å². The Morgan fingerprint density at radius 1 is 0.909 bits per heavy atom. The Balaban J connectivity index is -0.000000320. The standard InChI is InChI=1S/C9H20.ClH.H3N/c1-4-7-9(6-3)8-5-2;;/h9H,4-8H2,1-3H3;1H;1H3. The maximum atomic E-state index is 2.30. The Bertz CT molecular complexity index is 51.5. The minimum absolute atomic E-state index is 0. The molecule has 2 heteroatoms. The van der Waals surface area contributed by atoms with E-state index in [0.29, 0.717) is 0 Å². The summed E-state index contributed by atoms with van der Waals surface area (Å²) in [6.07, 6.45) is 6.97. The molecule has 0 amide bonds. The Kier molecular flexibility index (Phi) is 20.3. The van der Waals surface area contributed by atoms with Crippen LogP contribution < -0.4 is 6.15 Å². The van der Waals surface area contributed by atoms with Crippen molar-refractivity contribution in [1.82, 2.24) is 6.15 Å². The molecule has 0 radical (unpaired) electrons. The van der Waals surface area contributed by atoms with E-state index in [0.717, 1.165) is 5.92 Å². The summed E-state index contributed by atoms with van der Waals surface area (Å²) >= 11 is 0. The molecule has 0 spiro atoms. The van der Waals surface area contributed by atoms with E-state index in [2.05, 4.69) is 20.8 Å². The van der Waals surface area contributed by atoms with Crippen LogP contribution in [0, 0.1) is 5.92 Å². The van der Waals surface area contributed by atoms with Crippen molar-refractivity contribution in [2.75, 3.05) is 0 Å². The van der Waals surface area contributed by atoms with Gasteiger partial charge in [0, 0.05) is 0 Å². The molecule has 0 aromatic heterocycles. The van der Waals surface area contributed by atoms with Crippen molar-refractivity contribution in [2.24, 2.45) is 5.92 Å². The molecule has 0 unspecified atom stereocenters. The smallest absolute Gasteiger partial charge is 0.0417 e. The van der Waals surface area contributed by atoms with E-state index in [4.69, 9.17) is 0 Å². The molecule has 0 atom stereocenters. The first-order valence-corrected chi connectivity index (χ1v) is 4.35. The molecule has 0 aliphatic heterocycles. The lowest BCUT2D eigenvalue weighted by atomic mass is 9.96. The van der Waals surface area contributed by atoms with E-state index in [9.17, 15) is 0 Å². The first kappa shape index (κ1) is 17.4. The number of hydrogen-bond donors (Lipinski definition) is 1. The molecular weight excluding hydrogens is 158 g/mol. The second-order valence-electron chi connectivity index (χ2n) is 2.85. The molecule has 0 fully saturated rings. The van der Waals surface area contributed by atoms with Crippen LogP contribution in [-0.4, -0.2) is 0 Å². The zero-order valence-corrected chi connectivity index (χ0v) is 9.04. The van der Waals surface area contributed by atoms with Crippen molar-refractivity contribution in [3.63, 3.8) is 0 Å². The first-order valence-electron chi connectivity index (χ1n) is 4.35. The quantitative estimate of drug-likeness (QED) is 0.678. The van der Waals surface area contributed by atoms with Crippen LogP contribution in [-0.2, 0) is 0 Å². The first-order chi connectivity index (χ1) is 4.35. The molecule has 0 rings (SSSR count). The summed E-state index contributed by atoms with van der Waals surface area (Å²) in [4.78, 5) is 0. The van der Waals surface area contributed by atoms with E-state index in [1.54, 1.807) is 0 Å². The van der Waals surface area contributed by atoms with Gasteiger partial charge in [0.05, 0.1) is 0 Å². The van der Waals surface area contributed by atoms with Gasteiger partial charge in [-0.3, -0.25) is 0 Å². The molecule has 11 heavy (non-hydrogen) atoms. The Labute approximate surface area is 77.9 Å². The van der Waals surface area contributed by atoms with Gasteiger partial charge in [-0.2, -0.15) is 0 Å². The highest BCUT2D eigenvalue weighted by Crippen LogP contribution is 2.16. The molecule has 1 nitrogen and oxygen atoms in total. The fraction of sp³-hybridized carbons (Fsp3) is 1.00. The van der Waals surface area contributed by atoms with Gasteiger partial charge in [0.15, 0.2) is 0 Å². The summed E-state index contributed by atoms with van der Waals surface area (Å²) in [6.45, 7) is 6.85. The van der Waals surface area contributed by atoms with E-state index < -0.39 is 0 Å². The average Bonchev–Trinajstić information content (AvgIpc) is 1.88. The molecule has 72 valence electrons. The average molecular weight is 182 g/mol. The second-order valence-corrected chi connectivity index (χ2v) is 2.85. The Morgan fingerprint density at radius 2 is 1.27 bits per heavy atom. The van der Waals surface area contributed by atoms with Crippen molar-refractivity contribution in [3.05, 3.63) is 0 Å². The van der Waals surface area contributed by atoms with Crippen LogP contribution in [0.3, 0.4) is 0 Å². The summed E-state index contributed by atoms with van der Waals surface area (Å²) < 4.78 is 0. The monoisotopic (exact) mass is 181 g/mol. The number of hydrogen-bond acceptors (Lipinski definition) is 1. The van der Waals surface area contributed by atoms with Gasteiger partial charge in [-0.1, -0.05) is 52.9 Å². The molecule has 0 saturated carbocycles. The van der Waals surface area contributed by atoms with E-state index in [1.165, 1.54) is 32.1 Å². The maximum Gasteiger partial charge on any atom is -0.0417 e. The van der Waals surface area contributed by atoms with Crippen molar-refractivity contribution >= 4 is 12.4 Å². The minimum atomic E-state index is 0. The highest BCUT2D eigenvalue weighted by molar-refractivity contribution is 5.85. The van der Waals surface area contributed by atoms with Gasteiger partial charge >= 0.3 is 0 Å². The molecule has 0 aromatic rings. The molecule has 0 heterocycles. The van der Waals surface area contributed by atoms with Crippen molar-refractivity contribution in [2.45, 2.75) is 52.9 Å². The molecular formula is C9H24ClN. The highest BCUT2D eigenvalue weighted by Gasteiger charge is 2.01. The third kappa shape index (κ3) is 10.2. The van der Waals surface area contributed by atoms with Gasteiger partial charge in [0.1, 0.15) is 0 Å². The molecule has 0 aromatic carbocycles. The topological polar surface area (TPSA) is 35.0 Å². The molecule has 0 aliphatic rings. The van der Waals surface area contributed by atoms with Gasteiger partial charge in [0.2, 0.25) is 0 Å². The Morgan fingerprint density at radius 3 is 1.45 bits per heavy atom. The lowest BCUT2D eigenvalue weighted by Crippen LogP contribution is -1.96. The lowest BCUT2D eigenvalue weighted by molar-refractivity contribution is 0.427. The van der Waals surface area contributed by atoms with Gasteiger partial charge in [-0.25, -0.2) is 0 Å². The zero-order chi connectivity index (χ0) is 7.11. The van der Waals surface area contributed by atoms with Gasteiger partial charge in [-0.15, -0.1) is 12.4 Å². The summed E-state index contributed by atoms with van der Waals surface area (Å²) in [5.74, 6) is 1.01. The fourth-order valence-electron chi connectivity index (χ4n) is 1.37. The fourth-order valence-corrected chi connectivity index (χ4v) is 1.37. The molecule has 0 aliphatic carbocycles. The number of halogens is 1. The van der Waals surface area contributed by atoms with Crippen LogP contribution in [0.1, 0.15) is 52.9 Å². The Hall–Kier alpha value is 0.250. The van der Waals surface area contributed by atoms with Crippen LogP contribution in [0.25, 0.3) is 0 Å². The van der Waals surface area contributed by atoms with Crippen LogP contribution >= 0.6 is 12.4 Å².